The molecule has 0 saturated heterocycles. The van der Waals surface area contributed by atoms with Crippen LogP contribution in [-0.2, 0) is 0 Å². The predicted molar refractivity (Wildman–Crippen MR) is 83.0 cm³/mol. The predicted octanol–water partition coefficient (Wildman–Crippen LogP) is 4.46. The Labute approximate surface area is 122 Å². The zero-order valence-corrected chi connectivity index (χ0v) is 11.8. The van der Waals surface area contributed by atoms with E-state index in [4.69, 9.17) is 11.6 Å². The number of nitrogens with one attached hydrogen (secondary N) is 1. The minimum Gasteiger partial charge on any atom is -0.375 e. The summed E-state index contributed by atoms with van der Waals surface area (Å²) in [5.74, 6) is 0. The molecule has 1 unspecified atom stereocenters. The highest BCUT2D eigenvalue weighted by atomic mass is 35.5. The third-order valence-electron chi connectivity index (χ3n) is 3.17. The molecule has 2 heterocycles. The molecule has 0 aliphatic heterocycles. The molecular weight excluding hydrogens is 270 g/mol. The first-order valence-corrected chi connectivity index (χ1v) is 6.83. The van der Waals surface area contributed by atoms with Crippen molar-refractivity contribution in [1.29, 1.82) is 0 Å². The summed E-state index contributed by atoms with van der Waals surface area (Å²) in [5.41, 5.74) is 2.82. The van der Waals surface area contributed by atoms with Crippen LogP contribution in [0, 0.1) is 0 Å². The maximum Gasteiger partial charge on any atom is 0.0934 e. The summed E-state index contributed by atoms with van der Waals surface area (Å²) in [7, 11) is 0. The van der Waals surface area contributed by atoms with Crippen molar-refractivity contribution in [1.82, 2.24) is 9.97 Å². The number of pyridine rings is 2. The van der Waals surface area contributed by atoms with E-state index in [1.807, 2.05) is 42.5 Å². The molecule has 0 bridgehead atoms. The van der Waals surface area contributed by atoms with Gasteiger partial charge in [-0.15, -0.1) is 0 Å². The van der Waals surface area contributed by atoms with E-state index in [0.717, 1.165) is 22.3 Å². The van der Waals surface area contributed by atoms with Crippen molar-refractivity contribution in [3.05, 3.63) is 65.6 Å². The molecule has 0 aliphatic carbocycles. The first kappa shape index (κ1) is 12.9. The average molecular weight is 284 g/mol. The second kappa shape index (κ2) is 5.47. The summed E-state index contributed by atoms with van der Waals surface area (Å²) < 4.78 is 0. The van der Waals surface area contributed by atoms with Crippen LogP contribution < -0.4 is 5.32 Å². The van der Waals surface area contributed by atoms with Crippen molar-refractivity contribution in [2.45, 2.75) is 13.0 Å². The largest absolute Gasteiger partial charge is 0.375 e. The molecule has 3 aromatic rings. The van der Waals surface area contributed by atoms with Gasteiger partial charge in [0.25, 0.3) is 0 Å². The number of aromatic nitrogens is 2. The van der Waals surface area contributed by atoms with Crippen molar-refractivity contribution < 1.29 is 0 Å². The van der Waals surface area contributed by atoms with Gasteiger partial charge in [-0.05, 0) is 37.3 Å². The van der Waals surface area contributed by atoms with Gasteiger partial charge in [0.15, 0.2) is 0 Å². The van der Waals surface area contributed by atoms with Gasteiger partial charge in [0.1, 0.15) is 0 Å². The molecule has 0 amide bonds. The normalized spacial score (nSPS) is 12.3. The third kappa shape index (κ3) is 2.58. The van der Waals surface area contributed by atoms with Gasteiger partial charge >= 0.3 is 0 Å². The molecule has 0 fully saturated rings. The Morgan fingerprint density at radius 3 is 2.70 bits per heavy atom. The van der Waals surface area contributed by atoms with E-state index in [0.29, 0.717) is 5.02 Å². The van der Waals surface area contributed by atoms with Crippen molar-refractivity contribution in [2.75, 3.05) is 5.32 Å². The molecular formula is C16H14ClN3. The van der Waals surface area contributed by atoms with Crippen LogP contribution in [0.4, 0.5) is 5.69 Å². The van der Waals surface area contributed by atoms with E-state index in [-0.39, 0.29) is 6.04 Å². The monoisotopic (exact) mass is 283 g/mol. The van der Waals surface area contributed by atoms with E-state index >= 15 is 0 Å². The fourth-order valence-corrected chi connectivity index (χ4v) is 2.43. The van der Waals surface area contributed by atoms with Crippen LogP contribution in [0.25, 0.3) is 10.9 Å². The maximum absolute atomic E-state index is 6.17. The van der Waals surface area contributed by atoms with Gasteiger partial charge in [0.05, 0.1) is 22.9 Å². The number of nitrogens with zero attached hydrogens (tertiary/aromatic N) is 2. The van der Waals surface area contributed by atoms with Crippen LogP contribution in [0.15, 0.2) is 54.9 Å². The Kier molecular flexibility index (Phi) is 3.52. The Morgan fingerprint density at radius 1 is 1.05 bits per heavy atom. The van der Waals surface area contributed by atoms with E-state index in [2.05, 4.69) is 22.2 Å². The van der Waals surface area contributed by atoms with E-state index in [1.54, 1.807) is 12.4 Å². The fraction of sp³-hybridized carbons (Fsp3) is 0.125. The highest BCUT2D eigenvalue weighted by molar-refractivity contribution is 6.31. The lowest BCUT2D eigenvalue weighted by molar-refractivity contribution is 0.840. The molecule has 1 N–H and O–H groups in total. The lowest BCUT2D eigenvalue weighted by atomic mass is 10.1. The zero-order chi connectivity index (χ0) is 13.9. The number of rotatable bonds is 3. The smallest absolute Gasteiger partial charge is 0.0934 e. The van der Waals surface area contributed by atoms with Crippen LogP contribution in [-0.4, -0.2) is 9.97 Å². The van der Waals surface area contributed by atoms with E-state index in [1.165, 1.54) is 0 Å². The zero-order valence-electron chi connectivity index (χ0n) is 11.0. The topological polar surface area (TPSA) is 37.8 Å². The van der Waals surface area contributed by atoms with Gasteiger partial charge < -0.3 is 5.32 Å². The Balaban J connectivity index is 1.98. The van der Waals surface area contributed by atoms with Crippen LogP contribution in [0.1, 0.15) is 18.7 Å². The summed E-state index contributed by atoms with van der Waals surface area (Å²) >= 11 is 6.17. The maximum atomic E-state index is 6.17. The highest BCUT2D eigenvalue weighted by Crippen LogP contribution is 2.28. The Hall–Kier alpha value is -2.13. The van der Waals surface area contributed by atoms with Gasteiger partial charge in [-0.3, -0.25) is 9.97 Å². The van der Waals surface area contributed by atoms with Crippen LogP contribution >= 0.6 is 11.6 Å². The molecule has 20 heavy (non-hydrogen) atoms. The van der Waals surface area contributed by atoms with Gasteiger partial charge in [0.2, 0.25) is 0 Å². The van der Waals surface area contributed by atoms with E-state index < -0.39 is 0 Å². The Bertz CT molecular complexity index is 728. The molecule has 1 aromatic carbocycles. The molecule has 4 heteroatoms. The van der Waals surface area contributed by atoms with Crippen molar-refractivity contribution in [3.8, 4) is 0 Å². The number of hydrogen-bond acceptors (Lipinski definition) is 3. The number of anilines is 1. The number of benzene rings is 1. The van der Waals surface area contributed by atoms with Gasteiger partial charge in [-0.2, -0.15) is 0 Å². The van der Waals surface area contributed by atoms with Gasteiger partial charge in [0, 0.05) is 22.8 Å². The minimum atomic E-state index is 0.0832. The third-order valence-corrected chi connectivity index (χ3v) is 3.39. The van der Waals surface area contributed by atoms with Crippen molar-refractivity contribution in [3.63, 3.8) is 0 Å². The molecule has 0 radical (unpaired) electrons. The Morgan fingerprint density at radius 2 is 1.90 bits per heavy atom. The standard InChI is InChI=1S/C16H14ClN3/c1-11(14-6-2-3-7-18-14)20-15-10-13(17)9-12-5-4-8-19-16(12)15/h2-11,20H,1H3. The highest BCUT2D eigenvalue weighted by Gasteiger charge is 2.10. The van der Waals surface area contributed by atoms with Crippen LogP contribution in [0.3, 0.4) is 0 Å². The molecule has 2 aromatic heterocycles. The molecule has 0 saturated carbocycles. The molecule has 1 atom stereocenters. The molecule has 100 valence electrons. The second-order valence-corrected chi connectivity index (χ2v) is 5.09. The SMILES string of the molecule is CC(Nc1cc(Cl)cc2cccnc12)c1ccccn1. The van der Waals surface area contributed by atoms with Crippen LogP contribution in [0.5, 0.6) is 0 Å². The summed E-state index contributed by atoms with van der Waals surface area (Å²) in [5, 5.41) is 5.15. The molecule has 0 spiro atoms. The van der Waals surface area contributed by atoms with Crippen molar-refractivity contribution in [2.24, 2.45) is 0 Å². The van der Waals surface area contributed by atoms with Gasteiger partial charge in [-0.1, -0.05) is 23.7 Å². The summed E-state index contributed by atoms with van der Waals surface area (Å²) in [6.07, 6.45) is 3.58. The van der Waals surface area contributed by atoms with Crippen molar-refractivity contribution >= 4 is 28.2 Å². The lowest BCUT2D eigenvalue weighted by Crippen LogP contribution is -2.08. The fourth-order valence-electron chi connectivity index (χ4n) is 2.21. The molecule has 0 aliphatic rings. The first-order chi connectivity index (χ1) is 9.74. The van der Waals surface area contributed by atoms with E-state index in [9.17, 15) is 0 Å². The minimum absolute atomic E-state index is 0.0832. The average Bonchev–Trinajstić information content (AvgIpc) is 2.48. The van der Waals surface area contributed by atoms with Crippen LogP contribution in [0.2, 0.25) is 5.02 Å². The lowest BCUT2D eigenvalue weighted by Gasteiger charge is -2.16. The summed E-state index contributed by atoms with van der Waals surface area (Å²) in [6.45, 7) is 2.07. The number of fused-ring (bicyclic) bond motifs is 1. The summed E-state index contributed by atoms with van der Waals surface area (Å²) in [6, 6.07) is 13.7. The molecule has 3 nitrogen and oxygen atoms in total. The van der Waals surface area contributed by atoms with Gasteiger partial charge in [-0.25, -0.2) is 0 Å². The quantitative estimate of drug-likeness (QED) is 0.771. The molecule has 3 rings (SSSR count). The number of hydrogen-bond donors (Lipinski definition) is 1. The second-order valence-electron chi connectivity index (χ2n) is 4.65. The number of halogens is 1. The first-order valence-electron chi connectivity index (χ1n) is 6.46. The summed E-state index contributed by atoms with van der Waals surface area (Å²) in [4.78, 5) is 8.79.